The van der Waals surface area contributed by atoms with Crippen molar-refractivity contribution in [2.75, 3.05) is 13.1 Å². The Bertz CT molecular complexity index is 483. The Labute approximate surface area is 145 Å². The van der Waals surface area contributed by atoms with Gasteiger partial charge in [-0.3, -0.25) is 9.59 Å². The van der Waals surface area contributed by atoms with Crippen molar-refractivity contribution in [3.05, 3.63) is 0 Å². The number of carbonyl (C=O) groups is 2. The fraction of sp³-hybridized carbons (Fsp3) is 0.895. The summed E-state index contributed by atoms with van der Waals surface area (Å²) in [4.78, 5) is 25.8. The molecule has 0 aromatic rings. The van der Waals surface area contributed by atoms with Gasteiger partial charge in [-0.2, -0.15) is 0 Å². The van der Waals surface area contributed by atoms with E-state index in [1.54, 1.807) is 6.92 Å². The fourth-order valence-electron chi connectivity index (χ4n) is 4.71. The van der Waals surface area contributed by atoms with Crippen molar-refractivity contribution in [1.82, 2.24) is 10.2 Å². The smallest absolute Gasteiger partial charge is 0.222 e. The van der Waals surface area contributed by atoms with Crippen LogP contribution in [0.15, 0.2) is 0 Å². The van der Waals surface area contributed by atoms with E-state index in [-0.39, 0.29) is 35.5 Å². The maximum atomic E-state index is 12.3. The Hall–Kier alpha value is -1.10. The molecule has 3 fully saturated rings. The zero-order chi connectivity index (χ0) is 17.3. The van der Waals surface area contributed by atoms with Crippen LogP contribution in [0, 0.1) is 11.8 Å². The first-order chi connectivity index (χ1) is 11.4. The van der Waals surface area contributed by atoms with Crippen LogP contribution in [0.2, 0.25) is 0 Å². The maximum absolute atomic E-state index is 12.3. The predicted octanol–water partition coefficient (Wildman–Crippen LogP) is 2.49. The normalized spacial score (nSPS) is 32.5. The molecule has 24 heavy (non-hydrogen) atoms. The highest BCUT2D eigenvalue weighted by Crippen LogP contribution is 2.44. The molecule has 2 heterocycles. The zero-order valence-electron chi connectivity index (χ0n) is 15.3. The third kappa shape index (κ3) is 3.61. The highest BCUT2D eigenvalue weighted by atomic mass is 16.5. The van der Waals surface area contributed by atoms with Crippen LogP contribution < -0.4 is 5.32 Å². The first kappa shape index (κ1) is 17.7. The molecular formula is C19H32N2O3. The minimum atomic E-state index is -0.153. The first-order valence-corrected chi connectivity index (χ1v) is 9.64. The third-order valence-corrected chi connectivity index (χ3v) is 6.24. The summed E-state index contributed by atoms with van der Waals surface area (Å²) < 4.78 is 6.63. The molecule has 0 aromatic heterocycles. The van der Waals surface area contributed by atoms with Gasteiger partial charge in [-0.25, -0.2) is 0 Å². The van der Waals surface area contributed by atoms with Gasteiger partial charge in [0.15, 0.2) is 0 Å². The number of amides is 2. The lowest BCUT2D eigenvalue weighted by molar-refractivity contribution is -0.194. The lowest BCUT2D eigenvalue weighted by atomic mass is 9.71. The van der Waals surface area contributed by atoms with Crippen LogP contribution in [0.5, 0.6) is 0 Å². The van der Waals surface area contributed by atoms with Crippen LogP contribution in [-0.4, -0.2) is 47.6 Å². The molecule has 1 aliphatic carbocycles. The van der Waals surface area contributed by atoms with E-state index >= 15 is 0 Å². The Morgan fingerprint density at radius 1 is 1.17 bits per heavy atom. The van der Waals surface area contributed by atoms with Gasteiger partial charge in [0.1, 0.15) is 0 Å². The summed E-state index contributed by atoms with van der Waals surface area (Å²) in [6.45, 7) is 7.10. The van der Waals surface area contributed by atoms with Crippen LogP contribution >= 0.6 is 0 Å². The number of rotatable bonds is 2. The number of nitrogens with zero attached hydrogens (tertiary/aromatic N) is 1. The third-order valence-electron chi connectivity index (χ3n) is 6.24. The Kier molecular flexibility index (Phi) is 5.19. The average Bonchev–Trinajstić information content (AvgIpc) is 2.55. The summed E-state index contributed by atoms with van der Waals surface area (Å²) in [5, 5.41) is 3.32. The van der Waals surface area contributed by atoms with Crippen molar-refractivity contribution >= 4 is 11.8 Å². The molecule has 5 nitrogen and oxygen atoms in total. The molecule has 1 saturated carbocycles. The van der Waals surface area contributed by atoms with Crippen LogP contribution in [0.4, 0.5) is 0 Å². The van der Waals surface area contributed by atoms with E-state index in [1.165, 1.54) is 12.8 Å². The maximum Gasteiger partial charge on any atom is 0.222 e. The lowest BCUT2D eigenvalue weighted by Crippen LogP contribution is -2.61. The minimum absolute atomic E-state index is 0.0189. The predicted molar refractivity (Wildman–Crippen MR) is 92.4 cm³/mol. The SMILES string of the molecule is CC(=O)N1CCC2(CC1)C[C@@H](NC(=O)C(C)C)[C@@H]1CCCC[C@H]1O2. The molecule has 0 unspecified atom stereocenters. The van der Waals surface area contributed by atoms with Crippen LogP contribution in [0.25, 0.3) is 0 Å². The summed E-state index contributed by atoms with van der Waals surface area (Å²) in [6.07, 6.45) is 7.69. The summed E-state index contributed by atoms with van der Waals surface area (Å²) in [5.74, 6) is 0.784. The second-order valence-electron chi connectivity index (χ2n) is 8.27. The van der Waals surface area contributed by atoms with E-state index in [4.69, 9.17) is 4.74 Å². The standard InChI is InChI=1S/C19H32N2O3/c1-13(2)18(23)20-16-12-19(8-10-21(11-9-19)14(3)22)24-17-7-5-4-6-15(16)17/h13,15-17H,4-12H2,1-3H3,(H,20,23)/t15-,16+,17+/m0/s1. The molecule has 1 spiro atoms. The van der Waals surface area contributed by atoms with Crippen LogP contribution in [-0.2, 0) is 14.3 Å². The molecule has 0 bridgehead atoms. The number of hydrogen-bond donors (Lipinski definition) is 1. The fourth-order valence-corrected chi connectivity index (χ4v) is 4.71. The second-order valence-corrected chi connectivity index (χ2v) is 8.27. The number of ether oxygens (including phenoxy) is 1. The van der Waals surface area contributed by atoms with Crippen molar-refractivity contribution in [2.45, 2.75) is 83.5 Å². The summed E-state index contributed by atoms with van der Waals surface area (Å²) in [7, 11) is 0. The number of hydrogen-bond acceptors (Lipinski definition) is 3. The van der Waals surface area contributed by atoms with Gasteiger partial charge in [-0.1, -0.05) is 26.7 Å². The molecular weight excluding hydrogens is 304 g/mol. The molecule has 2 saturated heterocycles. The van der Waals surface area contributed by atoms with Gasteiger partial charge in [-0.15, -0.1) is 0 Å². The molecule has 3 atom stereocenters. The second kappa shape index (κ2) is 7.03. The quantitative estimate of drug-likeness (QED) is 0.843. The van der Waals surface area contributed by atoms with E-state index < -0.39 is 0 Å². The summed E-state index contributed by atoms with van der Waals surface area (Å²) in [5.41, 5.74) is -0.153. The lowest BCUT2D eigenvalue weighted by Gasteiger charge is -2.53. The molecule has 0 radical (unpaired) electrons. The number of fused-ring (bicyclic) bond motifs is 1. The molecule has 2 amide bonds. The van der Waals surface area contributed by atoms with Crippen LogP contribution in [0.3, 0.4) is 0 Å². The van der Waals surface area contributed by atoms with E-state index in [0.717, 1.165) is 45.2 Å². The monoisotopic (exact) mass is 336 g/mol. The molecule has 5 heteroatoms. The van der Waals surface area contributed by atoms with Crippen molar-refractivity contribution in [2.24, 2.45) is 11.8 Å². The Morgan fingerprint density at radius 2 is 1.83 bits per heavy atom. The first-order valence-electron chi connectivity index (χ1n) is 9.64. The average molecular weight is 336 g/mol. The van der Waals surface area contributed by atoms with E-state index in [0.29, 0.717) is 5.92 Å². The molecule has 1 N–H and O–H groups in total. The van der Waals surface area contributed by atoms with E-state index in [9.17, 15) is 9.59 Å². The number of carbonyl (C=O) groups excluding carboxylic acids is 2. The van der Waals surface area contributed by atoms with Gasteiger partial charge in [0.25, 0.3) is 0 Å². The molecule has 136 valence electrons. The highest BCUT2D eigenvalue weighted by molar-refractivity contribution is 5.78. The van der Waals surface area contributed by atoms with Gasteiger partial charge in [0, 0.05) is 37.9 Å². The number of piperidine rings is 1. The molecule has 3 rings (SSSR count). The van der Waals surface area contributed by atoms with Crippen molar-refractivity contribution < 1.29 is 14.3 Å². The minimum Gasteiger partial charge on any atom is -0.371 e. The van der Waals surface area contributed by atoms with Gasteiger partial charge >= 0.3 is 0 Å². The Balaban J connectivity index is 1.73. The largest absolute Gasteiger partial charge is 0.371 e. The van der Waals surface area contributed by atoms with Gasteiger partial charge < -0.3 is 15.0 Å². The van der Waals surface area contributed by atoms with Crippen LogP contribution in [0.1, 0.15) is 65.7 Å². The van der Waals surface area contributed by atoms with E-state index in [1.807, 2.05) is 18.7 Å². The summed E-state index contributed by atoms with van der Waals surface area (Å²) in [6, 6.07) is 0.225. The topological polar surface area (TPSA) is 58.6 Å². The van der Waals surface area contributed by atoms with Gasteiger partial charge in [0.05, 0.1) is 11.7 Å². The Morgan fingerprint density at radius 3 is 2.46 bits per heavy atom. The van der Waals surface area contributed by atoms with Gasteiger partial charge in [0.2, 0.25) is 11.8 Å². The number of nitrogens with one attached hydrogen (secondary N) is 1. The number of likely N-dealkylation sites (tertiary alicyclic amines) is 1. The zero-order valence-corrected chi connectivity index (χ0v) is 15.3. The molecule has 2 aliphatic heterocycles. The van der Waals surface area contributed by atoms with Crippen molar-refractivity contribution in [3.8, 4) is 0 Å². The molecule has 3 aliphatic rings. The highest BCUT2D eigenvalue weighted by Gasteiger charge is 2.49. The van der Waals surface area contributed by atoms with Crippen molar-refractivity contribution in [3.63, 3.8) is 0 Å². The molecule has 0 aromatic carbocycles. The summed E-state index contributed by atoms with van der Waals surface area (Å²) >= 11 is 0. The van der Waals surface area contributed by atoms with E-state index in [2.05, 4.69) is 5.32 Å². The van der Waals surface area contributed by atoms with Gasteiger partial charge in [-0.05, 0) is 32.1 Å². The van der Waals surface area contributed by atoms with Crippen molar-refractivity contribution in [1.29, 1.82) is 0 Å².